The summed E-state index contributed by atoms with van der Waals surface area (Å²) < 4.78 is 6.02. The van der Waals surface area contributed by atoms with Gasteiger partial charge in [0.05, 0.1) is 13.1 Å². The van der Waals surface area contributed by atoms with Gasteiger partial charge in [0.2, 0.25) is 0 Å². The second kappa shape index (κ2) is 7.03. The largest absolute Gasteiger partial charge is 0.486 e. The van der Waals surface area contributed by atoms with E-state index < -0.39 is 0 Å². The lowest BCUT2D eigenvalue weighted by Crippen LogP contribution is -2.60. The summed E-state index contributed by atoms with van der Waals surface area (Å²) >= 11 is 0. The normalized spacial score (nSPS) is 19.6. The third-order valence-corrected chi connectivity index (χ3v) is 4.72. The first-order valence-corrected chi connectivity index (χ1v) is 8.56. The molecule has 1 saturated heterocycles. The smallest absolute Gasteiger partial charge is 0.317 e. The average Bonchev–Trinajstić information content (AvgIpc) is 2.51. The summed E-state index contributed by atoms with van der Waals surface area (Å²) in [5.41, 5.74) is 1.23. The summed E-state index contributed by atoms with van der Waals surface area (Å²) in [6.45, 7) is 3.51. The number of nitrogens with zero attached hydrogens (tertiary/aromatic N) is 1. The molecule has 0 radical (unpaired) electrons. The van der Waals surface area contributed by atoms with E-state index in [4.69, 9.17) is 4.74 Å². The quantitative estimate of drug-likeness (QED) is 0.926. The van der Waals surface area contributed by atoms with Crippen LogP contribution in [0.25, 0.3) is 0 Å². The number of hydrogen-bond acceptors (Lipinski definition) is 2. The molecule has 0 aromatic heterocycles. The minimum atomic E-state index is 0.0792. The highest BCUT2D eigenvalue weighted by atomic mass is 16.5. The van der Waals surface area contributed by atoms with Gasteiger partial charge < -0.3 is 15.0 Å². The number of aryl methyl sites for hydroxylation is 1. The SMILES string of the molecule is CCc1ccccc1OC1CN(C(=O)NC2CCCCC2)C1. The van der Waals surface area contributed by atoms with Crippen molar-refractivity contribution in [2.75, 3.05) is 13.1 Å². The zero-order chi connectivity index (χ0) is 15.4. The van der Waals surface area contributed by atoms with Crippen molar-refractivity contribution in [3.8, 4) is 5.75 Å². The van der Waals surface area contributed by atoms with E-state index in [9.17, 15) is 4.79 Å². The Morgan fingerprint density at radius 2 is 1.95 bits per heavy atom. The van der Waals surface area contributed by atoms with Gasteiger partial charge in [-0.05, 0) is 30.9 Å². The summed E-state index contributed by atoms with van der Waals surface area (Å²) in [7, 11) is 0. The van der Waals surface area contributed by atoms with E-state index in [-0.39, 0.29) is 12.1 Å². The molecule has 0 bridgehead atoms. The van der Waals surface area contributed by atoms with Crippen LogP contribution in [0.1, 0.15) is 44.6 Å². The van der Waals surface area contributed by atoms with Crippen LogP contribution < -0.4 is 10.1 Å². The minimum absolute atomic E-state index is 0.0792. The standard InChI is InChI=1S/C18H26N2O2/c1-2-14-8-6-7-11-17(14)22-16-12-20(13-16)18(21)19-15-9-4-3-5-10-15/h6-8,11,15-16H,2-5,9-10,12-13H2,1H3,(H,19,21). The molecule has 2 fully saturated rings. The van der Waals surface area contributed by atoms with Crippen molar-refractivity contribution in [1.29, 1.82) is 0 Å². The third kappa shape index (κ3) is 3.54. The topological polar surface area (TPSA) is 41.6 Å². The molecule has 22 heavy (non-hydrogen) atoms. The van der Waals surface area contributed by atoms with Crippen LogP contribution in [-0.2, 0) is 6.42 Å². The number of rotatable bonds is 4. The molecule has 2 aliphatic rings. The highest BCUT2D eigenvalue weighted by Gasteiger charge is 2.33. The molecule has 1 aromatic carbocycles. The molecule has 1 aromatic rings. The van der Waals surface area contributed by atoms with Crippen LogP contribution in [0, 0.1) is 0 Å². The zero-order valence-corrected chi connectivity index (χ0v) is 13.4. The molecule has 0 atom stereocenters. The molecule has 4 nitrogen and oxygen atoms in total. The Labute approximate surface area is 132 Å². The summed E-state index contributed by atoms with van der Waals surface area (Å²) in [5.74, 6) is 0.960. The Balaban J connectivity index is 1.44. The molecule has 1 saturated carbocycles. The van der Waals surface area contributed by atoms with Crippen molar-refractivity contribution in [1.82, 2.24) is 10.2 Å². The van der Waals surface area contributed by atoms with Gasteiger partial charge in [-0.2, -0.15) is 0 Å². The van der Waals surface area contributed by atoms with Crippen molar-refractivity contribution in [2.24, 2.45) is 0 Å². The molecule has 1 N–H and O–H groups in total. The molecular formula is C18H26N2O2. The van der Waals surface area contributed by atoms with Gasteiger partial charge in [-0.25, -0.2) is 4.79 Å². The maximum absolute atomic E-state index is 12.2. The number of carbonyl (C=O) groups excluding carboxylic acids is 1. The molecule has 3 rings (SSSR count). The molecule has 0 unspecified atom stereocenters. The van der Waals surface area contributed by atoms with Crippen LogP contribution >= 0.6 is 0 Å². The number of benzene rings is 1. The number of ether oxygens (including phenoxy) is 1. The number of carbonyl (C=O) groups is 1. The number of urea groups is 1. The Morgan fingerprint density at radius 3 is 2.68 bits per heavy atom. The lowest BCUT2D eigenvalue weighted by Gasteiger charge is -2.40. The van der Waals surface area contributed by atoms with Crippen molar-refractivity contribution < 1.29 is 9.53 Å². The van der Waals surface area contributed by atoms with Crippen molar-refractivity contribution in [3.63, 3.8) is 0 Å². The maximum atomic E-state index is 12.2. The monoisotopic (exact) mass is 302 g/mol. The second-order valence-corrected chi connectivity index (χ2v) is 6.39. The van der Waals surface area contributed by atoms with Gasteiger partial charge in [-0.3, -0.25) is 0 Å². The van der Waals surface area contributed by atoms with E-state index in [1.54, 1.807) is 0 Å². The minimum Gasteiger partial charge on any atom is -0.486 e. The van der Waals surface area contributed by atoms with Gasteiger partial charge in [-0.1, -0.05) is 44.4 Å². The van der Waals surface area contributed by atoms with Crippen LogP contribution in [0.2, 0.25) is 0 Å². The van der Waals surface area contributed by atoms with Gasteiger partial charge in [0, 0.05) is 6.04 Å². The fraction of sp³-hybridized carbons (Fsp3) is 0.611. The Bertz CT molecular complexity index is 506. The summed E-state index contributed by atoms with van der Waals surface area (Å²) in [5, 5.41) is 3.16. The molecule has 1 aliphatic carbocycles. The predicted octanol–water partition coefficient (Wildman–Crippen LogP) is 3.35. The molecular weight excluding hydrogens is 276 g/mol. The van der Waals surface area contributed by atoms with Gasteiger partial charge in [0.1, 0.15) is 11.9 Å². The summed E-state index contributed by atoms with van der Waals surface area (Å²) in [6.07, 6.45) is 7.14. The number of likely N-dealkylation sites (tertiary alicyclic amines) is 1. The maximum Gasteiger partial charge on any atom is 0.317 e. The Kier molecular flexibility index (Phi) is 4.86. The Morgan fingerprint density at radius 1 is 1.23 bits per heavy atom. The first-order valence-electron chi connectivity index (χ1n) is 8.56. The fourth-order valence-corrected chi connectivity index (χ4v) is 3.28. The molecule has 1 aliphatic heterocycles. The number of nitrogens with one attached hydrogen (secondary N) is 1. The van der Waals surface area contributed by atoms with Crippen molar-refractivity contribution in [2.45, 2.75) is 57.6 Å². The van der Waals surface area contributed by atoms with Gasteiger partial charge >= 0.3 is 6.03 Å². The van der Waals surface area contributed by atoms with Crippen molar-refractivity contribution >= 4 is 6.03 Å². The van der Waals surface area contributed by atoms with Crippen LogP contribution in [0.3, 0.4) is 0 Å². The molecule has 1 heterocycles. The third-order valence-electron chi connectivity index (χ3n) is 4.72. The highest BCUT2D eigenvalue weighted by Crippen LogP contribution is 2.23. The first-order chi connectivity index (χ1) is 10.8. The van der Waals surface area contributed by atoms with E-state index in [2.05, 4.69) is 18.3 Å². The first kappa shape index (κ1) is 15.2. The second-order valence-electron chi connectivity index (χ2n) is 6.39. The highest BCUT2D eigenvalue weighted by molar-refractivity contribution is 5.75. The van der Waals surface area contributed by atoms with Gasteiger partial charge in [-0.15, -0.1) is 0 Å². The van der Waals surface area contributed by atoms with Crippen LogP contribution in [0.15, 0.2) is 24.3 Å². The zero-order valence-electron chi connectivity index (χ0n) is 13.4. The van der Waals surface area contributed by atoms with E-state index in [0.717, 1.165) is 25.0 Å². The number of hydrogen-bond donors (Lipinski definition) is 1. The summed E-state index contributed by atoms with van der Waals surface area (Å²) in [4.78, 5) is 14.0. The number of para-hydroxylation sites is 1. The van der Waals surface area contributed by atoms with Gasteiger partial charge in [0.15, 0.2) is 0 Å². The van der Waals surface area contributed by atoms with Crippen molar-refractivity contribution in [3.05, 3.63) is 29.8 Å². The van der Waals surface area contributed by atoms with E-state index in [1.165, 1.54) is 24.8 Å². The molecule has 0 spiro atoms. The lowest BCUT2D eigenvalue weighted by molar-refractivity contribution is 0.0424. The van der Waals surface area contributed by atoms with Crippen LogP contribution in [0.5, 0.6) is 5.75 Å². The number of amides is 2. The van der Waals surface area contributed by atoms with E-state index in [0.29, 0.717) is 19.1 Å². The van der Waals surface area contributed by atoms with E-state index >= 15 is 0 Å². The predicted molar refractivity (Wildman–Crippen MR) is 87.2 cm³/mol. The van der Waals surface area contributed by atoms with Gasteiger partial charge in [0.25, 0.3) is 0 Å². The fourth-order valence-electron chi connectivity index (χ4n) is 3.28. The lowest BCUT2D eigenvalue weighted by atomic mass is 9.95. The molecule has 4 heteroatoms. The van der Waals surface area contributed by atoms with E-state index in [1.807, 2.05) is 23.1 Å². The molecule has 2 amide bonds. The average molecular weight is 302 g/mol. The van der Waals surface area contributed by atoms with Crippen LogP contribution in [0.4, 0.5) is 4.79 Å². The van der Waals surface area contributed by atoms with Crippen LogP contribution in [-0.4, -0.2) is 36.2 Å². The Hall–Kier alpha value is -1.71. The summed E-state index contributed by atoms with van der Waals surface area (Å²) in [6, 6.07) is 8.61. The molecule has 120 valence electrons.